The maximum Gasteiger partial charge on any atom is 0.416 e. The maximum absolute atomic E-state index is 13.9. The van der Waals surface area contributed by atoms with Gasteiger partial charge in [0.2, 0.25) is 0 Å². The zero-order valence-corrected chi connectivity index (χ0v) is 18.2. The van der Waals surface area contributed by atoms with Crippen LogP contribution in [0.3, 0.4) is 0 Å². The second-order valence-corrected chi connectivity index (χ2v) is 8.08. The largest absolute Gasteiger partial charge is 0.507 e. The summed E-state index contributed by atoms with van der Waals surface area (Å²) in [5.41, 5.74) is 3.33. The average Bonchev–Trinajstić information content (AvgIpc) is 3.13. The van der Waals surface area contributed by atoms with Crippen molar-refractivity contribution >= 4 is 29.1 Å². The molecule has 4 rings (SSSR count). The molecule has 6 nitrogen and oxygen atoms in total. The number of anilines is 1. The number of alkyl halides is 3. The second-order valence-electron chi connectivity index (χ2n) is 7.68. The standard InChI is InChI=1S/C23H15ClF5N3O3/c24-15-2-1-12(25)7-14(15)19-17-16(5-10(8-30)20(33)18(17)22(35)32-19)31-21(34)9-3-11(23(27,28)29)6-13(26)4-9/h1-7,19,33H,8,30H2,(H,31,34)(H,32,35). The van der Waals surface area contributed by atoms with Gasteiger partial charge in [-0.05, 0) is 42.5 Å². The van der Waals surface area contributed by atoms with Gasteiger partial charge < -0.3 is 21.5 Å². The lowest BCUT2D eigenvalue weighted by Gasteiger charge is -2.19. The number of carbonyl (C=O) groups excluding carboxylic acids is 2. The summed E-state index contributed by atoms with van der Waals surface area (Å²) in [7, 11) is 0. The molecular formula is C23H15ClF5N3O3. The Labute approximate surface area is 199 Å². The molecule has 0 saturated heterocycles. The Kier molecular flexibility index (Phi) is 6.16. The van der Waals surface area contributed by atoms with Gasteiger partial charge in [0.15, 0.2) is 0 Å². The number of fused-ring (bicyclic) bond motifs is 1. The number of aromatic hydroxyl groups is 1. The van der Waals surface area contributed by atoms with Crippen molar-refractivity contribution in [1.29, 1.82) is 0 Å². The van der Waals surface area contributed by atoms with Crippen LogP contribution in [0.5, 0.6) is 5.75 Å². The molecule has 182 valence electrons. The second kappa shape index (κ2) is 8.82. The molecule has 1 atom stereocenters. The Hall–Kier alpha value is -3.70. The van der Waals surface area contributed by atoms with E-state index in [0.29, 0.717) is 12.1 Å². The van der Waals surface area contributed by atoms with E-state index >= 15 is 0 Å². The van der Waals surface area contributed by atoms with E-state index in [2.05, 4.69) is 10.6 Å². The molecule has 3 aromatic carbocycles. The Balaban J connectivity index is 1.85. The van der Waals surface area contributed by atoms with Crippen molar-refractivity contribution in [1.82, 2.24) is 5.32 Å². The predicted octanol–water partition coefficient (Wildman–Crippen LogP) is 4.89. The molecule has 0 aliphatic carbocycles. The third-order valence-electron chi connectivity index (χ3n) is 5.43. The Morgan fingerprint density at radius 3 is 2.49 bits per heavy atom. The van der Waals surface area contributed by atoms with E-state index in [-0.39, 0.29) is 45.6 Å². The molecule has 0 spiro atoms. The minimum Gasteiger partial charge on any atom is -0.507 e. The molecule has 35 heavy (non-hydrogen) atoms. The smallest absolute Gasteiger partial charge is 0.416 e. The van der Waals surface area contributed by atoms with Gasteiger partial charge in [-0.1, -0.05) is 11.6 Å². The number of phenolic OH excluding ortho intramolecular Hbond substituents is 1. The normalized spacial score (nSPS) is 15.1. The third-order valence-corrected chi connectivity index (χ3v) is 5.78. The Morgan fingerprint density at radius 1 is 1.11 bits per heavy atom. The van der Waals surface area contributed by atoms with Gasteiger partial charge in [-0.3, -0.25) is 9.59 Å². The number of hydrogen-bond donors (Lipinski definition) is 4. The number of hydrogen-bond acceptors (Lipinski definition) is 4. The van der Waals surface area contributed by atoms with E-state index < -0.39 is 52.5 Å². The molecule has 0 aromatic heterocycles. The third kappa shape index (κ3) is 4.52. The summed E-state index contributed by atoms with van der Waals surface area (Å²) in [4.78, 5) is 25.6. The van der Waals surface area contributed by atoms with Gasteiger partial charge in [-0.25, -0.2) is 8.78 Å². The van der Waals surface area contributed by atoms with Crippen LogP contribution in [0.2, 0.25) is 5.02 Å². The molecule has 0 bridgehead atoms. The molecule has 0 radical (unpaired) electrons. The minimum atomic E-state index is -4.90. The zero-order chi connectivity index (χ0) is 25.7. The van der Waals surface area contributed by atoms with E-state index in [1.54, 1.807) is 0 Å². The first-order chi connectivity index (χ1) is 16.4. The molecule has 0 saturated carbocycles. The van der Waals surface area contributed by atoms with Crippen molar-refractivity contribution in [2.45, 2.75) is 18.8 Å². The summed E-state index contributed by atoms with van der Waals surface area (Å²) >= 11 is 6.18. The van der Waals surface area contributed by atoms with Crippen LogP contribution in [0.15, 0.2) is 42.5 Å². The number of nitrogens with one attached hydrogen (secondary N) is 2. The first-order valence-corrected chi connectivity index (χ1v) is 10.3. The quantitative estimate of drug-likeness (QED) is 0.296. The fourth-order valence-electron chi connectivity index (χ4n) is 3.86. The van der Waals surface area contributed by atoms with Gasteiger partial charge in [0.25, 0.3) is 11.8 Å². The number of phenols is 1. The van der Waals surface area contributed by atoms with Crippen LogP contribution >= 0.6 is 11.6 Å². The topological polar surface area (TPSA) is 104 Å². The van der Waals surface area contributed by atoms with Crippen molar-refractivity contribution in [3.63, 3.8) is 0 Å². The highest BCUT2D eigenvalue weighted by Crippen LogP contribution is 2.44. The molecule has 0 fully saturated rings. The summed E-state index contributed by atoms with van der Waals surface area (Å²) < 4.78 is 67.0. The summed E-state index contributed by atoms with van der Waals surface area (Å²) in [6, 6.07) is 4.78. The monoisotopic (exact) mass is 511 g/mol. The molecule has 1 aliphatic rings. The first kappa shape index (κ1) is 24.4. The number of benzene rings is 3. The van der Waals surface area contributed by atoms with Crippen molar-refractivity contribution in [2.24, 2.45) is 5.73 Å². The lowest BCUT2D eigenvalue weighted by molar-refractivity contribution is -0.137. The first-order valence-electron chi connectivity index (χ1n) is 9.94. The van der Waals surface area contributed by atoms with E-state index in [1.165, 1.54) is 12.1 Å². The van der Waals surface area contributed by atoms with Crippen molar-refractivity contribution in [2.75, 3.05) is 5.32 Å². The number of amides is 2. The number of nitrogens with two attached hydrogens (primary N) is 1. The van der Waals surface area contributed by atoms with Gasteiger partial charge in [-0.2, -0.15) is 13.2 Å². The predicted molar refractivity (Wildman–Crippen MR) is 116 cm³/mol. The molecule has 2 amide bonds. The average molecular weight is 512 g/mol. The van der Waals surface area contributed by atoms with Crippen molar-refractivity contribution in [3.8, 4) is 5.75 Å². The van der Waals surface area contributed by atoms with Gasteiger partial charge in [0.05, 0.1) is 17.2 Å². The van der Waals surface area contributed by atoms with Crippen LogP contribution in [0.1, 0.15) is 49.0 Å². The zero-order valence-electron chi connectivity index (χ0n) is 17.4. The maximum atomic E-state index is 13.9. The molecule has 12 heteroatoms. The van der Waals surface area contributed by atoms with E-state index in [0.717, 1.165) is 12.1 Å². The molecule has 1 heterocycles. The lowest BCUT2D eigenvalue weighted by atomic mass is 9.93. The fourth-order valence-corrected chi connectivity index (χ4v) is 4.08. The van der Waals surface area contributed by atoms with Crippen LogP contribution in [0.25, 0.3) is 0 Å². The summed E-state index contributed by atoms with van der Waals surface area (Å²) in [6.07, 6.45) is -4.90. The molecule has 5 N–H and O–H groups in total. The number of halogens is 6. The summed E-state index contributed by atoms with van der Waals surface area (Å²) in [5, 5.41) is 15.5. The van der Waals surface area contributed by atoms with Gasteiger partial charge in [0, 0.05) is 39.5 Å². The van der Waals surface area contributed by atoms with Crippen LogP contribution in [0.4, 0.5) is 27.6 Å². The van der Waals surface area contributed by atoms with Crippen molar-refractivity contribution in [3.05, 3.63) is 92.5 Å². The van der Waals surface area contributed by atoms with Crippen LogP contribution < -0.4 is 16.4 Å². The van der Waals surface area contributed by atoms with E-state index in [1.807, 2.05) is 0 Å². The number of rotatable bonds is 4. The number of carbonyl (C=O) groups is 2. The summed E-state index contributed by atoms with van der Waals surface area (Å²) in [6.45, 7) is -0.265. The van der Waals surface area contributed by atoms with Gasteiger partial charge >= 0.3 is 6.18 Å². The molecule has 1 unspecified atom stereocenters. The lowest BCUT2D eigenvalue weighted by Crippen LogP contribution is -2.21. The Morgan fingerprint density at radius 2 is 1.83 bits per heavy atom. The van der Waals surface area contributed by atoms with E-state index in [4.69, 9.17) is 17.3 Å². The van der Waals surface area contributed by atoms with Crippen LogP contribution in [0, 0.1) is 11.6 Å². The summed E-state index contributed by atoms with van der Waals surface area (Å²) in [5.74, 6) is -4.36. The Bertz CT molecular complexity index is 1380. The van der Waals surface area contributed by atoms with Crippen LogP contribution in [-0.2, 0) is 12.7 Å². The molecule has 1 aliphatic heterocycles. The van der Waals surface area contributed by atoms with Gasteiger partial charge in [0.1, 0.15) is 17.4 Å². The van der Waals surface area contributed by atoms with E-state index in [9.17, 15) is 36.6 Å². The SMILES string of the molecule is NCc1cc(NC(=O)c2cc(F)cc(C(F)(F)F)c2)c2c(c1O)C(=O)NC2c1cc(F)ccc1Cl. The molecular weight excluding hydrogens is 497 g/mol. The van der Waals surface area contributed by atoms with Gasteiger partial charge in [-0.15, -0.1) is 0 Å². The fraction of sp³-hybridized carbons (Fsp3) is 0.130. The van der Waals surface area contributed by atoms with Crippen molar-refractivity contribution < 1.29 is 36.6 Å². The highest BCUT2D eigenvalue weighted by atomic mass is 35.5. The van der Waals surface area contributed by atoms with Crippen LogP contribution in [-0.4, -0.2) is 16.9 Å². The highest BCUT2D eigenvalue weighted by molar-refractivity contribution is 6.31. The highest BCUT2D eigenvalue weighted by Gasteiger charge is 2.38. The minimum absolute atomic E-state index is 0.0157. The molecule has 3 aromatic rings.